The summed E-state index contributed by atoms with van der Waals surface area (Å²) in [7, 11) is -4.38. The molecule has 0 spiro atoms. The summed E-state index contributed by atoms with van der Waals surface area (Å²) in [5.74, 6) is -0.0962. The molecule has 12 nitrogen and oxygen atoms in total. The first-order valence-electron chi connectivity index (χ1n) is 9.20. The Bertz CT molecular complexity index is 871. The highest BCUT2D eigenvalue weighted by Gasteiger charge is 2.29. The molecule has 0 aromatic carbocycles. The fourth-order valence-electron chi connectivity index (χ4n) is 2.50. The molecule has 0 aliphatic heterocycles. The van der Waals surface area contributed by atoms with Crippen molar-refractivity contribution < 1.29 is 24.2 Å². The molecule has 2 aromatic heterocycles. The Hall–Kier alpha value is -1.82. The smallest absolute Gasteiger partial charge is 0.351 e. The number of aliphatic hydroxyl groups excluding tert-OH is 1. The lowest BCUT2D eigenvalue weighted by molar-refractivity contribution is -0.0622. The number of hydrogen-bond acceptors (Lipinski definition) is 8. The van der Waals surface area contributed by atoms with Crippen LogP contribution in [0.5, 0.6) is 0 Å². The zero-order valence-electron chi connectivity index (χ0n) is 17.2. The Kier molecular flexibility index (Phi) is 9.40. The second kappa shape index (κ2) is 10.8. The summed E-state index contributed by atoms with van der Waals surface area (Å²) in [6.07, 6.45) is 0.466. The highest BCUT2D eigenvalue weighted by molar-refractivity contribution is 7.51. The summed E-state index contributed by atoms with van der Waals surface area (Å²) in [5.41, 5.74) is 3.91. The van der Waals surface area contributed by atoms with Gasteiger partial charge < -0.3 is 34.8 Å². The van der Waals surface area contributed by atoms with Crippen LogP contribution >= 0.6 is 7.60 Å². The average molecular weight is 434 g/mol. The maximum Gasteiger partial charge on any atom is 0.351 e. The van der Waals surface area contributed by atoms with E-state index < -0.39 is 31.7 Å². The predicted molar refractivity (Wildman–Crippen MR) is 110 cm³/mol. The van der Waals surface area contributed by atoms with Crippen LogP contribution in [0.4, 0.5) is 5.95 Å². The second-order valence-electron chi connectivity index (χ2n) is 6.66. The maximum absolute atomic E-state index is 11.7. The van der Waals surface area contributed by atoms with Crippen molar-refractivity contribution in [3.05, 3.63) is 16.7 Å². The maximum atomic E-state index is 11.7. The van der Waals surface area contributed by atoms with E-state index in [9.17, 15) is 14.5 Å². The quantitative estimate of drug-likeness (QED) is 0.336. The van der Waals surface area contributed by atoms with Crippen LogP contribution in [0, 0.1) is 0 Å². The number of H-pyrrole nitrogens is 1. The number of aliphatic hydroxyl groups is 1. The van der Waals surface area contributed by atoms with Crippen LogP contribution in [0.2, 0.25) is 0 Å². The number of hydrogen-bond donors (Lipinski definition) is 5. The van der Waals surface area contributed by atoms with Crippen molar-refractivity contribution in [2.75, 3.05) is 38.3 Å². The Labute approximate surface area is 168 Å². The molecule has 1 atom stereocenters. The van der Waals surface area contributed by atoms with E-state index in [0.29, 0.717) is 0 Å². The van der Waals surface area contributed by atoms with Gasteiger partial charge in [-0.25, -0.2) is 4.98 Å². The van der Waals surface area contributed by atoms with Crippen molar-refractivity contribution in [3.8, 4) is 0 Å². The Morgan fingerprint density at radius 2 is 1.90 bits per heavy atom. The average Bonchev–Trinajstić information content (AvgIpc) is 3.04. The molecule has 0 fully saturated rings. The number of nitrogens with one attached hydrogen (secondary N) is 1. The van der Waals surface area contributed by atoms with Crippen LogP contribution < -0.4 is 11.3 Å². The molecule has 0 aliphatic carbocycles. The fourth-order valence-corrected chi connectivity index (χ4v) is 2.98. The minimum atomic E-state index is -4.38. The van der Waals surface area contributed by atoms with E-state index in [1.807, 2.05) is 0 Å². The molecule has 29 heavy (non-hydrogen) atoms. The molecule has 0 saturated carbocycles. The Balaban J connectivity index is 0.000000516. The topological polar surface area (TPSA) is 180 Å². The van der Waals surface area contributed by atoms with E-state index >= 15 is 0 Å². The number of ether oxygens (including phenoxy) is 1. The molecule has 0 bridgehead atoms. The van der Waals surface area contributed by atoms with Crippen molar-refractivity contribution in [3.63, 3.8) is 0 Å². The zero-order valence-corrected chi connectivity index (χ0v) is 18.1. The lowest BCUT2D eigenvalue weighted by Gasteiger charge is -2.28. The number of nitrogens with two attached hydrogens (primary N) is 1. The number of nitrogens with zero attached hydrogens (tertiary/aromatic N) is 4. The SMILES string of the molecule is CCN(CC)CC.C[C@@](CO)(Cn1cnc2c(=O)[nH]c(N)nc21)OCP(=O)(O)O. The number of fused-ring (bicyclic) bond motifs is 1. The highest BCUT2D eigenvalue weighted by atomic mass is 31.2. The summed E-state index contributed by atoms with van der Waals surface area (Å²) in [6, 6.07) is 0. The van der Waals surface area contributed by atoms with Gasteiger partial charge in [-0.1, -0.05) is 20.8 Å². The van der Waals surface area contributed by atoms with Crippen LogP contribution in [0.15, 0.2) is 11.1 Å². The largest absolute Gasteiger partial charge is 0.393 e. The molecule has 0 radical (unpaired) electrons. The number of aromatic amines is 1. The Morgan fingerprint density at radius 1 is 1.31 bits per heavy atom. The van der Waals surface area contributed by atoms with Gasteiger partial charge in [0.2, 0.25) is 5.95 Å². The number of rotatable bonds is 9. The Morgan fingerprint density at radius 3 is 2.34 bits per heavy atom. The number of imidazole rings is 1. The second-order valence-corrected chi connectivity index (χ2v) is 8.25. The van der Waals surface area contributed by atoms with Gasteiger partial charge in [-0.3, -0.25) is 14.3 Å². The third kappa shape index (κ3) is 7.84. The van der Waals surface area contributed by atoms with Gasteiger partial charge in [-0.2, -0.15) is 4.98 Å². The molecular weight excluding hydrogens is 403 g/mol. The fraction of sp³-hybridized carbons (Fsp3) is 0.688. The number of aromatic nitrogens is 4. The molecule has 166 valence electrons. The van der Waals surface area contributed by atoms with E-state index in [1.165, 1.54) is 37.5 Å². The van der Waals surface area contributed by atoms with Gasteiger partial charge in [-0.05, 0) is 26.6 Å². The van der Waals surface area contributed by atoms with E-state index in [-0.39, 0.29) is 23.7 Å². The summed E-state index contributed by atoms with van der Waals surface area (Å²) in [4.78, 5) is 41.9. The van der Waals surface area contributed by atoms with Crippen molar-refractivity contribution in [1.29, 1.82) is 0 Å². The van der Waals surface area contributed by atoms with Gasteiger partial charge >= 0.3 is 7.60 Å². The lowest BCUT2D eigenvalue weighted by atomic mass is 10.1. The molecule has 13 heteroatoms. The number of anilines is 1. The molecule has 2 rings (SSSR count). The van der Waals surface area contributed by atoms with E-state index in [0.717, 1.165) is 0 Å². The summed E-state index contributed by atoms with van der Waals surface area (Å²) >= 11 is 0. The van der Waals surface area contributed by atoms with Gasteiger partial charge in [0.05, 0.1) is 19.5 Å². The minimum absolute atomic E-state index is 0.0319. The third-order valence-corrected chi connectivity index (χ3v) is 4.72. The van der Waals surface area contributed by atoms with E-state index in [4.69, 9.17) is 20.3 Å². The monoisotopic (exact) mass is 434 g/mol. The molecule has 0 aliphatic rings. The highest BCUT2D eigenvalue weighted by Crippen LogP contribution is 2.36. The van der Waals surface area contributed by atoms with E-state index in [2.05, 4.69) is 40.6 Å². The summed E-state index contributed by atoms with van der Waals surface area (Å²) in [5, 5.41) is 9.44. The number of nitrogen functional groups attached to an aromatic ring is 1. The van der Waals surface area contributed by atoms with Crippen LogP contribution in [-0.2, 0) is 15.8 Å². The van der Waals surface area contributed by atoms with Crippen LogP contribution in [0.3, 0.4) is 0 Å². The van der Waals surface area contributed by atoms with Crippen LogP contribution in [0.1, 0.15) is 27.7 Å². The minimum Gasteiger partial charge on any atom is -0.393 e. The molecule has 0 saturated heterocycles. The first kappa shape index (κ1) is 25.2. The van der Waals surface area contributed by atoms with Gasteiger partial charge in [0.1, 0.15) is 11.9 Å². The van der Waals surface area contributed by atoms with Crippen molar-refractivity contribution in [1.82, 2.24) is 24.4 Å². The molecule has 0 amide bonds. The normalized spacial score (nSPS) is 13.9. The molecular formula is C16H31N6O6P. The van der Waals surface area contributed by atoms with Gasteiger partial charge in [0, 0.05) is 0 Å². The van der Waals surface area contributed by atoms with Crippen LogP contribution in [0.25, 0.3) is 11.2 Å². The van der Waals surface area contributed by atoms with Gasteiger partial charge in [0.15, 0.2) is 11.2 Å². The molecule has 2 heterocycles. The van der Waals surface area contributed by atoms with Crippen molar-refractivity contribution >= 4 is 24.7 Å². The van der Waals surface area contributed by atoms with Crippen LogP contribution in [-0.4, -0.2) is 77.5 Å². The molecule has 2 aromatic rings. The lowest BCUT2D eigenvalue weighted by Crippen LogP contribution is -2.38. The summed E-state index contributed by atoms with van der Waals surface area (Å²) < 4.78 is 17.4. The van der Waals surface area contributed by atoms with E-state index in [1.54, 1.807) is 0 Å². The van der Waals surface area contributed by atoms with Gasteiger partial charge in [-0.15, -0.1) is 0 Å². The first-order valence-corrected chi connectivity index (χ1v) is 11.0. The standard InChI is InChI=1S/C10H16N5O6P.C6H15N/c1-10(3-16,21-5-22(18,19)20)2-15-4-12-6-7(15)13-9(11)14-8(6)17;1-4-7(5-2)6-3/h4,16H,2-3,5H2,1H3,(H2,18,19,20)(H3,11,13,14,17);4-6H2,1-3H3/t10-;/m0./s1. The summed E-state index contributed by atoms with van der Waals surface area (Å²) in [6.45, 7) is 11.0. The van der Waals surface area contributed by atoms with Crippen molar-refractivity contribution in [2.24, 2.45) is 0 Å². The molecule has 6 N–H and O–H groups in total. The van der Waals surface area contributed by atoms with Crippen molar-refractivity contribution in [2.45, 2.75) is 39.8 Å². The molecule has 0 unspecified atom stereocenters. The van der Waals surface area contributed by atoms with Gasteiger partial charge in [0.25, 0.3) is 5.56 Å². The third-order valence-electron chi connectivity index (χ3n) is 4.26. The predicted octanol–water partition coefficient (Wildman–Crippen LogP) is -0.0473. The first-order chi connectivity index (χ1) is 13.5. The zero-order chi connectivity index (χ0) is 22.2.